The molecule has 15 heavy (non-hydrogen) atoms. The maximum Gasteiger partial charge on any atom is 0.750 e. The molecule has 7 heteroatoms. The highest BCUT2D eigenvalue weighted by molar-refractivity contribution is 7.32. The molecule has 1 rings (SSSR count). The van der Waals surface area contributed by atoms with E-state index in [1.807, 2.05) is 0 Å². The second kappa shape index (κ2) is 4.63. The van der Waals surface area contributed by atoms with Crippen molar-refractivity contribution in [1.29, 1.82) is 0 Å². The molecule has 0 heterocycles. The summed E-state index contributed by atoms with van der Waals surface area (Å²) in [7, 11) is -3.09. The van der Waals surface area contributed by atoms with Crippen LogP contribution in [0.25, 0.3) is 0 Å². The van der Waals surface area contributed by atoms with Crippen LogP contribution in [0.4, 0.5) is 0 Å². The normalized spacial score (nSPS) is 10.6. The van der Waals surface area contributed by atoms with Gasteiger partial charge in [-0.25, -0.2) is 9.59 Å². The molecule has 0 aliphatic heterocycles. The van der Waals surface area contributed by atoms with Crippen molar-refractivity contribution in [1.82, 2.24) is 0 Å². The van der Waals surface area contributed by atoms with Gasteiger partial charge in [-0.05, 0) is 12.1 Å². The summed E-state index contributed by atoms with van der Waals surface area (Å²) in [6, 6.07) is 5.25. The van der Waals surface area contributed by atoms with Crippen LogP contribution >= 0.6 is 8.25 Å². The summed E-state index contributed by atoms with van der Waals surface area (Å²) in [5.74, 6) is -2.45. The lowest BCUT2D eigenvalue weighted by molar-refractivity contribution is 0.0665. The molecule has 1 aromatic carbocycles. The van der Waals surface area contributed by atoms with E-state index in [2.05, 4.69) is 4.52 Å². The number of carbonyl (C=O) groups is 2. The second-order valence-electron chi connectivity index (χ2n) is 2.47. The first-order valence-corrected chi connectivity index (χ1v) is 4.86. The molecule has 2 N–H and O–H groups in total. The largest absolute Gasteiger partial charge is 0.750 e. The predicted molar refractivity (Wildman–Crippen MR) is 48.6 cm³/mol. The number of hydrogen-bond donors (Lipinski definition) is 2. The van der Waals surface area contributed by atoms with Crippen molar-refractivity contribution >= 4 is 20.2 Å². The molecule has 6 nitrogen and oxygen atoms in total. The van der Waals surface area contributed by atoms with Crippen molar-refractivity contribution in [3.05, 3.63) is 35.4 Å². The minimum absolute atomic E-state index is 0.262. The molecule has 1 aromatic rings. The number of carbonyl (C=O) groups excluding carboxylic acids is 1. The van der Waals surface area contributed by atoms with E-state index in [9.17, 15) is 14.2 Å². The molecule has 1 unspecified atom stereocenters. The fourth-order valence-electron chi connectivity index (χ4n) is 0.968. The lowest BCUT2D eigenvalue weighted by Gasteiger charge is -1.98. The van der Waals surface area contributed by atoms with Crippen LogP contribution in [0.15, 0.2) is 24.3 Å². The fourth-order valence-corrected chi connectivity index (χ4v) is 1.21. The highest BCUT2D eigenvalue weighted by atomic mass is 31.1. The summed E-state index contributed by atoms with van der Waals surface area (Å²) in [5, 5.41) is 8.71. The number of rotatable bonds is 3. The summed E-state index contributed by atoms with van der Waals surface area (Å²) in [6.45, 7) is 0. The quantitative estimate of drug-likeness (QED) is 0.755. The van der Waals surface area contributed by atoms with Crippen LogP contribution in [0.5, 0.6) is 0 Å². The highest BCUT2D eigenvalue weighted by Gasteiger charge is 2.25. The third-order valence-corrected chi connectivity index (χ3v) is 1.86. The van der Waals surface area contributed by atoms with Gasteiger partial charge in [0.25, 0.3) is 0 Å². The Bertz CT molecular complexity index is 427. The van der Waals surface area contributed by atoms with Crippen molar-refractivity contribution in [2.75, 3.05) is 0 Å². The van der Waals surface area contributed by atoms with Gasteiger partial charge in [0, 0.05) is 4.57 Å². The molecule has 0 saturated carbocycles. The van der Waals surface area contributed by atoms with Gasteiger partial charge in [0.2, 0.25) is 0 Å². The third-order valence-electron chi connectivity index (χ3n) is 1.54. The predicted octanol–water partition coefficient (Wildman–Crippen LogP) is 1.19. The van der Waals surface area contributed by atoms with Gasteiger partial charge in [-0.2, -0.15) is 4.52 Å². The molecule has 0 amide bonds. The summed E-state index contributed by atoms with van der Waals surface area (Å²) >= 11 is 0. The fraction of sp³-hybridized carbons (Fsp3) is 0. The Morgan fingerprint density at radius 3 is 2.20 bits per heavy atom. The minimum atomic E-state index is -3.09. The maximum atomic E-state index is 11.2. The average molecular weight is 229 g/mol. The van der Waals surface area contributed by atoms with E-state index in [1.165, 1.54) is 24.3 Å². The SMILES string of the molecule is O=C(O)c1ccccc1C(=O)O[P+](=O)O. The smallest absolute Gasteiger partial charge is 0.478 e. The van der Waals surface area contributed by atoms with Crippen molar-refractivity contribution in [2.45, 2.75) is 0 Å². The van der Waals surface area contributed by atoms with Gasteiger partial charge >= 0.3 is 20.2 Å². The first-order chi connectivity index (χ1) is 7.02. The van der Waals surface area contributed by atoms with Crippen LogP contribution in [-0.4, -0.2) is 21.9 Å². The van der Waals surface area contributed by atoms with E-state index in [-0.39, 0.29) is 11.1 Å². The Morgan fingerprint density at radius 1 is 1.20 bits per heavy atom. The zero-order valence-electron chi connectivity index (χ0n) is 7.28. The maximum absolute atomic E-state index is 11.2. The number of carboxylic acid groups (broad SMARTS) is 1. The van der Waals surface area contributed by atoms with E-state index in [0.717, 1.165) is 0 Å². The van der Waals surface area contributed by atoms with E-state index >= 15 is 0 Å². The second-order valence-corrected chi connectivity index (χ2v) is 3.13. The van der Waals surface area contributed by atoms with E-state index in [4.69, 9.17) is 10.00 Å². The van der Waals surface area contributed by atoms with Crippen LogP contribution in [0, 0.1) is 0 Å². The zero-order chi connectivity index (χ0) is 11.4. The van der Waals surface area contributed by atoms with Gasteiger partial charge < -0.3 is 5.11 Å². The van der Waals surface area contributed by atoms with E-state index < -0.39 is 20.2 Å². The van der Waals surface area contributed by atoms with Gasteiger partial charge in [0.1, 0.15) is 0 Å². The third kappa shape index (κ3) is 2.83. The molecule has 0 spiro atoms. The molecular formula is C8H6O6P+. The number of benzene rings is 1. The molecule has 0 aliphatic rings. The van der Waals surface area contributed by atoms with E-state index in [1.54, 1.807) is 0 Å². The Morgan fingerprint density at radius 2 is 1.73 bits per heavy atom. The van der Waals surface area contributed by atoms with Gasteiger partial charge in [-0.3, -0.25) is 0 Å². The lowest BCUT2D eigenvalue weighted by atomic mass is 10.1. The van der Waals surface area contributed by atoms with Crippen molar-refractivity contribution in [2.24, 2.45) is 0 Å². The van der Waals surface area contributed by atoms with Crippen molar-refractivity contribution in [3.8, 4) is 0 Å². The Hall–Kier alpha value is -1.78. The highest BCUT2D eigenvalue weighted by Crippen LogP contribution is 2.20. The lowest BCUT2D eigenvalue weighted by Crippen LogP contribution is -2.08. The van der Waals surface area contributed by atoms with Crippen molar-refractivity contribution in [3.63, 3.8) is 0 Å². The van der Waals surface area contributed by atoms with Crippen LogP contribution in [0.3, 0.4) is 0 Å². The minimum Gasteiger partial charge on any atom is -0.478 e. The van der Waals surface area contributed by atoms with Crippen LogP contribution < -0.4 is 0 Å². The Balaban J connectivity index is 3.08. The summed E-state index contributed by atoms with van der Waals surface area (Å²) in [4.78, 5) is 30.2. The van der Waals surface area contributed by atoms with Crippen LogP contribution in [-0.2, 0) is 9.09 Å². The Kier molecular flexibility index (Phi) is 3.49. The summed E-state index contributed by atoms with van der Waals surface area (Å²) in [6.07, 6.45) is 0. The molecule has 78 valence electrons. The standard InChI is InChI=1S/C8H5O6P/c9-7(10)5-3-1-2-4-6(5)8(11)14-15(12)13/h1-4H,(H-,9,10,12,13)/p+1. The number of carboxylic acids is 1. The molecule has 1 atom stereocenters. The monoisotopic (exact) mass is 229 g/mol. The van der Waals surface area contributed by atoms with Gasteiger partial charge in [0.15, 0.2) is 0 Å². The summed E-state index contributed by atoms with van der Waals surface area (Å²) < 4.78 is 14.2. The van der Waals surface area contributed by atoms with E-state index in [0.29, 0.717) is 0 Å². The van der Waals surface area contributed by atoms with Gasteiger partial charge in [0.05, 0.1) is 11.1 Å². The average Bonchev–Trinajstić information content (AvgIpc) is 2.16. The molecular weight excluding hydrogens is 223 g/mol. The molecule has 0 bridgehead atoms. The van der Waals surface area contributed by atoms with Gasteiger partial charge in [-0.15, -0.1) is 4.89 Å². The van der Waals surface area contributed by atoms with Crippen LogP contribution in [0.1, 0.15) is 20.7 Å². The van der Waals surface area contributed by atoms with Crippen molar-refractivity contribution < 1.29 is 28.7 Å². The topological polar surface area (TPSA) is 101 Å². The Labute approximate surface area is 85.1 Å². The molecule has 0 aromatic heterocycles. The molecule has 0 saturated heterocycles. The zero-order valence-corrected chi connectivity index (χ0v) is 8.18. The van der Waals surface area contributed by atoms with Crippen LogP contribution in [0.2, 0.25) is 0 Å². The summed E-state index contributed by atoms with van der Waals surface area (Å²) in [5.41, 5.74) is -0.540. The molecule has 0 aliphatic carbocycles. The first kappa shape index (κ1) is 11.3. The number of hydrogen-bond acceptors (Lipinski definition) is 4. The number of aromatic carboxylic acids is 1. The first-order valence-electron chi connectivity index (χ1n) is 3.73. The molecule has 0 fully saturated rings. The molecule has 0 radical (unpaired) electrons. The van der Waals surface area contributed by atoms with Gasteiger partial charge in [-0.1, -0.05) is 12.1 Å².